The third-order valence-corrected chi connectivity index (χ3v) is 8.43. The fraction of sp³-hybridized carbons (Fsp3) is 0.680. The molecule has 0 aromatic carbocycles. The quantitative estimate of drug-likeness (QED) is 0.776. The van der Waals surface area contributed by atoms with Crippen molar-refractivity contribution in [2.75, 3.05) is 19.6 Å². The van der Waals surface area contributed by atoms with Crippen molar-refractivity contribution >= 4 is 11.6 Å². The lowest BCUT2D eigenvalue weighted by Gasteiger charge is -2.56. The second-order valence-corrected chi connectivity index (χ2v) is 11.0. The molecule has 2 aromatic heterocycles. The molecule has 3 heterocycles. The molecule has 0 radical (unpaired) electrons. The Morgan fingerprint density at radius 3 is 2.61 bits per heavy atom. The number of nitrogens with one attached hydrogen (secondary N) is 1. The van der Waals surface area contributed by atoms with Crippen LogP contribution in [0.15, 0.2) is 24.4 Å². The van der Waals surface area contributed by atoms with E-state index in [9.17, 15) is 9.90 Å². The van der Waals surface area contributed by atoms with Crippen molar-refractivity contribution in [1.29, 1.82) is 0 Å². The number of aliphatic hydroxyl groups is 1. The number of likely N-dealkylation sites (tertiary alicyclic amines) is 1. The van der Waals surface area contributed by atoms with Crippen molar-refractivity contribution in [1.82, 2.24) is 19.6 Å². The van der Waals surface area contributed by atoms with Crippen molar-refractivity contribution in [3.05, 3.63) is 35.8 Å². The van der Waals surface area contributed by atoms with Gasteiger partial charge in [0.2, 0.25) is 0 Å². The lowest BCUT2D eigenvalue weighted by atomic mass is 9.49. The van der Waals surface area contributed by atoms with E-state index in [2.05, 4.69) is 10.2 Å². The van der Waals surface area contributed by atoms with Gasteiger partial charge in [0.05, 0.1) is 11.8 Å². The first-order valence-corrected chi connectivity index (χ1v) is 12.2. The molecule has 6 nitrogen and oxygen atoms in total. The van der Waals surface area contributed by atoms with Gasteiger partial charge in [-0.05, 0) is 93.2 Å². The van der Waals surface area contributed by atoms with Gasteiger partial charge in [0.15, 0.2) is 0 Å². The maximum absolute atomic E-state index is 13.2. The lowest BCUT2D eigenvalue weighted by Crippen LogP contribution is -2.51. The summed E-state index contributed by atoms with van der Waals surface area (Å²) in [5.41, 5.74) is 2.78. The van der Waals surface area contributed by atoms with Crippen LogP contribution in [0.4, 0.5) is 0 Å². The molecule has 1 saturated heterocycles. The number of rotatable bonds is 5. The molecule has 31 heavy (non-hydrogen) atoms. The van der Waals surface area contributed by atoms with E-state index in [0.29, 0.717) is 24.2 Å². The molecule has 5 fully saturated rings. The van der Waals surface area contributed by atoms with Crippen molar-refractivity contribution in [2.45, 2.75) is 64.0 Å². The monoisotopic (exact) mass is 422 g/mol. The van der Waals surface area contributed by atoms with E-state index in [4.69, 9.17) is 4.98 Å². The van der Waals surface area contributed by atoms with Crippen molar-refractivity contribution < 1.29 is 9.90 Å². The molecule has 5 aliphatic rings. The largest absolute Gasteiger partial charge is 0.392 e. The number of nitrogens with zero attached hydrogens (tertiary/aromatic N) is 3. The molecule has 2 aromatic rings. The summed E-state index contributed by atoms with van der Waals surface area (Å²) in [6.07, 6.45) is 11.9. The summed E-state index contributed by atoms with van der Waals surface area (Å²) in [6.45, 7) is 3.22. The zero-order valence-corrected chi connectivity index (χ0v) is 18.3. The van der Waals surface area contributed by atoms with Gasteiger partial charge in [-0.25, -0.2) is 4.98 Å². The Morgan fingerprint density at radius 2 is 1.90 bits per heavy atom. The van der Waals surface area contributed by atoms with Crippen LogP contribution in [0.1, 0.15) is 67.5 Å². The van der Waals surface area contributed by atoms with Crippen LogP contribution in [-0.4, -0.2) is 51.0 Å². The van der Waals surface area contributed by atoms with E-state index in [0.717, 1.165) is 55.0 Å². The average Bonchev–Trinajstić information content (AvgIpc) is 3.13. The van der Waals surface area contributed by atoms with Gasteiger partial charge in [0.1, 0.15) is 11.3 Å². The Hall–Kier alpha value is -1.92. The fourth-order valence-electron chi connectivity index (χ4n) is 7.59. The fourth-order valence-corrected chi connectivity index (χ4v) is 7.59. The molecule has 1 aliphatic heterocycles. The summed E-state index contributed by atoms with van der Waals surface area (Å²) in [6, 6.07) is 5.79. The topological polar surface area (TPSA) is 69.9 Å². The maximum Gasteiger partial charge on any atom is 0.268 e. The Bertz CT molecular complexity index is 948. The minimum atomic E-state index is -0.239. The number of pyridine rings is 1. The zero-order valence-electron chi connectivity index (χ0n) is 18.3. The van der Waals surface area contributed by atoms with Gasteiger partial charge in [0, 0.05) is 25.8 Å². The summed E-state index contributed by atoms with van der Waals surface area (Å²) < 4.78 is 1.94. The van der Waals surface area contributed by atoms with Crippen LogP contribution >= 0.6 is 0 Å². The molecule has 6 heteroatoms. The number of imidazole rings is 1. The predicted octanol–water partition coefficient (Wildman–Crippen LogP) is 3.24. The molecule has 1 unspecified atom stereocenters. The Morgan fingerprint density at radius 1 is 1.16 bits per heavy atom. The second kappa shape index (κ2) is 7.59. The van der Waals surface area contributed by atoms with Crippen LogP contribution in [0, 0.1) is 23.2 Å². The SMILES string of the molecule is O=C(NCC12CC3CC(CC(C3)C1)C2)c1cccc2nc(CN3CCCC(O)C3)cn12. The van der Waals surface area contributed by atoms with Gasteiger partial charge in [-0.3, -0.25) is 14.1 Å². The smallest absolute Gasteiger partial charge is 0.268 e. The zero-order chi connectivity index (χ0) is 21.0. The average molecular weight is 423 g/mol. The van der Waals surface area contributed by atoms with Crippen molar-refractivity contribution in [3.8, 4) is 0 Å². The van der Waals surface area contributed by atoms with Gasteiger partial charge in [-0.1, -0.05) is 6.07 Å². The first kappa shape index (κ1) is 19.7. The predicted molar refractivity (Wildman–Crippen MR) is 119 cm³/mol. The maximum atomic E-state index is 13.2. The minimum Gasteiger partial charge on any atom is -0.392 e. The third kappa shape index (κ3) is 3.78. The van der Waals surface area contributed by atoms with Crippen LogP contribution in [0.5, 0.6) is 0 Å². The second-order valence-electron chi connectivity index (χ2n) is 11.0. The molecular weight excluding hydrogens is 388 g/mol. The Balaban J connectivity index is 1.16. The number of aliphatic hydroxyl groups excluding tert-OH is 1. The Labute approximate surface area is 184 Å². The van der Waals surface area contributed by atoms with E-state index < -0.39 is 0 Å². The Kier molecular flexibility index (Phi) is 4.83. The summed E-state index contributed by atoms with van der Waals surface area (Å²) in [5, 5.41) is 13.3. The highest BCUT2D eigenvalue weighted by Gasteiger charge is 2.50. The number of piperidine rings is 1. The molecule has 4 aliphatic carbocycles. The van der Waals surface area contributed by atoms with E-state index in [1.54, 1.807) is 0 Å². The molecule has 4 saturated carbocycles. The number of amides is 1. The van der Waals surface area contributed by atoms with E-state index in [1.807, 2.05) is 28.8 Å². The normalized spacial score (nSPS) is 35.0. The highest BCUT2D eigenvalue weighted by molar-refractivity contribution is 5.93. The number of hydrogen-bond donors (Lipinski definition) is 2. The summed E-state index contributed by atoms with van der Waals surface area (Å²) >= 11 is 0. The first-order valence-electron chi connectivity index (χ1n) is 12.2. The van der Waals surface area contributed by atoms with Crippen molar-refractivity contribution in [3.63, 3.8) is 0 Å². The van der Waals surface area contributed by atoms with E-state index in [-0.39, 0.29) is 12.0 Å². The summed E-state index contributed by atoms with van der Waals surface area (Å²) in [7, 11) is 0. The highest BCUT2D eigenvalue weighted by atomic mass is 16.3. The molecule has 7 rings (SSSR count). The lowest BCUT2D eigenvalue weighted by molar-refractivity contribution is -0.0503. The van der Waals surface area contributed by atoms with Gasteiger partial charge >= 0.3 is 0 Å². The molecule has 4 bridgehead atoms. The van der Waals surface area contributed by atoms with Crippen LogP contribution in [-0.2, 0) is 6.54 Å². The molecule has 2 N–H and O–H groups in total. The summed E-state index contributed by atoms with van der Waals surface area (Å²) in [5.74, 6) is 2.71. The van der Waals surface area contributed by atoms with Crippen LogP contribution in [0.3, 0.4) is 0 Å². The molecule has 1 amide bonds. The third-order valence-electron chi connectivity index (χ3n) is 8.43. The van der Waals surface area contributed by atoms with Gasteiger partial charge in [-0.2, -0.15) is 0 Å². The molecule has 1 atom stereocenters. The van der Waals surface area contributed by atoms with Gasteiger partial charge in [-0.15, -0.1) is 0 Å². The number of aromatic nitrogens is 2. The number of carbonyl (C=O) groups excluding carboxylic acids is 1. The van der Waals surface area contributed by atoms with E-state index >= 15 is 0 Å². The molecular formula is C25H34N4O2. The minimum absolute atomic E-state index is 0.0127. The first-order chi connectivity index (χ1) is 15.1. The number of hydrogen-bond acceptors (Lipinski definition) is 4. The molecule has 166 valence electrons. The van der Waals surface area contributed by atoms with Crippen LogP contribution in [0.25, 0.3) is 5.65 Å². The number of fused-ring (bicyclic) bond motifs is 1. The number of β-amino-alcohol motifs (C(OH)–C–C–N with tert-alkyl or cyclic N) is 1. The summed E-state index contributed by atoms with van der Waals surface area (Å²) in [4.78, 5) is 20.2. The standard InChI is InChI=1S/C25H34N4O2/c30-21-3-2-6-28(15-21)13-20-14-29-22(4-1-5-23(29)27-20)24(31)26-16-25-10-17-7-18(11-25)9-19(8-17)12-25/h1,4-5,14,17-19,21,30H,2-3,6-13,15-16H2,(H,26,31). The van der Waals surface area contributed by atoms with E-state index in [1.165, 1.54) is 38.5 Å². The van der Waals surface area contributed by atoms with Gasteiger partial charge < -0.3 is 10.4 Å². The van der Waals surface area contributed by atoms with Crippen molar-refractivity contribution in [2.24, 2.45) is 23.2 Å². The van der Waals surface area contributed by atoms with Crippen LogP contribution < -0.4 is 5.32 Å². The van der Waals surface area contributed by atoms with Crippen LogP contribution in [0.2, 0.25) is 0 Å². The van der Waals surface area contributed by atoms with Gasteiger partial charge in [0.25, 0.3) is 5.91 Å². The molecule has 0 spiro atoms. The number of carbonyl (C=O) groups is 1. The highest BCUT2D eigenvalue weighted by Crippen LogP contribution is 2.59.